The molecule has 1 heterocycles. The number of rotatable bonds is 1. The van der Waals surface area contributed by atoms with Crippen molar-refractivity contribution in [2.24, 2.45) is 0 Å². The van der Waals surface area contributed by atoms with Crippen molar-refractivity contribution < 1.29 is 13.5 Å². The summed E-state index contributed by atoms with van der Waals surface area (Å²) in [6.45, 7) is 0. The molecule has 0 saturated heterocycles. The van der Waals surface area contributed by atoms with Gasteiger partial charge < -0.3 is 9.72 Å². The van der Waals surface area contributed by atoms with Gasteiger partial charge in [-0.05, 0) is 6.07 Å². The predicted molar refractivity (Wildman–Crippen MR) is 51.7 cm³/mol. The van der Waals surface area contributed by atoms with Crippen LogP contribution < -0.4 is 16.0 Å². The van der Waals surface area contributed by atoms with Crippen molar-refractivity contribution >= 4 is 10.9 Å². The van der Waals surface area contributed by atoms with E-state index in [1.807, 2.05) is 4.98 Å². The van der Waals surface area contributed by atoms with Crippen LogP contribution in [0.2, 0.25) is 0 Å². The van der Waals surface area contributed by atoms with Crippen LogP contribution in [-0.2, 0) is 0 Å². The van der Waals surface area contributed by atoms with Gasteiger partial charge in [0.05, 0.1) is 12.5 Å². The van der Waals surface area contributed by atoms with Gasteiger partial charge in [-0.3, -0.25) is 9.78 Å². The Balaban J connectivity index is 3.09. The fourth-order valence-electron chi connectivity index (χ4n) is 1.41. The lowest BCUT2D eigenvalue weighted by molar-refractivity contribution is 0.376. The van der Waals surface area contributed by atoms with Crippen LogP contribution in [-0.4, -0.2) is 17.1 Å². The van der Waals surface area contributed by atoms with Crippen molar-refractivity contribution in [3.05, 3.63) is 38.5 Å². The number of hydrogen-bond donors (Lipinski definition) is 2. The van der Waals surface area contributed by atoms with Crippen LogP contribution in [0, 0.1) is 11.6 Å². The fraction of sp³-hybridized carbons (Fsp3) is 0.111. The van der Waals surface area contributed by atoms with E-state index in [1.54, 1.807) is 0 Å². The van der Waals surface area contributed by atoms with Gasteiger partial charge in [0.2, 0.25) is 5.82 Å². The standard InChI is InChI=1S/C9H6F2N2O3/c1-16-7-5(11)4(10)2-3-6(7)12-9(15)13-8(3)14/h2H,1H3,(H2,12,13,14,15). The maximum atomic E-state index is 13.3. The molecule has 1 aromatic carbocycles. The molecular formula is C9H6F2N2O3. The topological polar surface area (TPSA) is 75.0 Å². The molecule has 0 unspecified atom stereocenters. The second-order valence-corrected chi connectivity index (χ2v) is 3.04. The minimum Gasteiger partial charge on any atom is -0.491 e. The minimum atomic E-state index is -1.25. The summed E-state index contributed by atoms with van der Waals surface area (Å²) in [5.41, 5.74) is -1.80. The zero-order valence-corrected chi connectivity index (χ0v) is 8.06. The third-order valence-electron chi connectivity index (χ3n) is 2.09. The van der Waals surface area contributed by atoms with E-state index in [4.69, 9.17) is 0 Å². The highest BCUT2D eigenvalue weighted by Crippen LogP contribution is 2.26. The Morgan fingerprint density at radius 1 is 1.25 bits per heavy atom. The summed E-state index contributed by atoms with van der Waals surface area (Å²) in [5.74, 6) is -2.98. The number of methoxy groups -OCH3 is 1. The lowest BCUT2D eigenvalue weighted by Crippen LogP contribution is -2.22. The zero-order chi connectivity index (χ0) is 11.9. The Bertz CT molecular complexity index is 675. The molecule has 0 aliphatic heterocycles. The highest BCUT2D eigenvalue weighted by molar-refractivity contribution is 5.83. The zero-order valence-electron chi connectivity index (χ0n) is 8.06. The third-order valence-corrected chi connectivity index (χ3v) is 2.09. The largest absolute Gasteiger partial charge is 0.491 e. The van der Waals surface area contributed by atoms with Gasteiger partial charge in [-0.25, -0.2) is 9.18 Å². The van der Waals surface area contributed by atoms with Crippen LogP contribution >= 0.6 is 0 Å². The summed E-state index contributed by atoms with van der Waals surface area (Å²) in [6, 6.07) is 0.696. The number of halogens is 2. The molecule has 1 aromatic heterocycles. The Kier molecular flexibility index (Phi) is 2.22. The lowest BCUT2D eigenvalue weighted by atomic mass is 10.2. The number of benzene rings is 1. The number of H-pyrrole nitrogens is 2. The molecule has 0 aliphatic rings. The maximum absolute atomic E-state index is 13.3. The van der Waals surface area contributed by atoms with Crippen LogP contribution in [0.25, 0.3) is 10.9 Å². The first kappa shape index (κ1) is 10.3. The van der Waals surface area contributed by atoms with Crippen molar-refractivity contribution in [3.8, 4) is 5.75 Å². The van der Waals surface area contributed by atoms with Gasteiger partial charge in [-0.2, -0.15) is 4.39 Å². The van der Waals surface area contributed by atoms with Gasteiger partial charge in [0.15, 0.2) is 11.6 Å². The molecular weight excluding hydrogens is 222 g/mol. The van der Waals surface area contributed by atoms with Crippen LogP contribution in [0.15, 0.2) is 15.7 Å². The normalized spacial score (nSPS) is 10.7. The maximum Gasteiger partial charge on any atom is 0.326 e. The number of hydrogen-bond acceptors (Lipinski definition) is 3. The van der Waals surface area contributed by atoms with Crippen LogP contribution in [0.5, 0.6) is 5.75 Å². The monoisotopic (exact) mass is 228 g/mol. The number of nitrogens with one attached hydrogen (secondary N) is 2. The van der Waals surface area contributed by atoms with E-state index in [2.05, 4.69) is 9.72 Å². The van der Waals surface area contributed by atoms with E-state index in [-0.39, 0.29) is 10.9 Å². The SMILES string of the molecule is COc1c(F)c(F)cc2c(=O)[nH]c(=O)[nH]c12. The molecule has 2 aromatic rings. The van der Waals surface area contributed by atoms with Crippen molar-refractivity contribution in [1.29, 1.82) is 0 Å². The molecule has 0 bridgehead atoms. The number of aromatic amines is 2. The summed E-state index contributed by atoms with van der Waals surface area (Å²) in [7, 11) is 1.11. The molecule has 0 radical (unpaired) electrons. The van der Waals surface area contributed by atoms with Crippen LogP contribution in [0.1, 0.15) is 0 Å². The van der Waals surface area contributed by atoms with Crippen molar-refractivity contribution in [1.82, 2.24) is 9.97 Å². The lowest BCUT2D eigenvalue weighted by Gasteiger charge is -2.06. The van der Waals surface area contributed by atoms with E-state index >= 15 is 0 Å². The molecule has 84 valence electrons. The second-order valence-electron chi connectivity index (χ2n) is 3.04. The summed E-state index contributed by atoms with van der Waals surface area (Å²) in [4.78, 5) is 26.4. The second kappa shape index (κ2) is 3.44. The fourth-order valence-corrected chi connectivity index (χ4v) is 1.41. The van der Waals surface area contributed by atoms with Crippen LogP contribution in [0.3, 0.4) is 0 Å². The Labute approximate surface area is 86.7 Å². The molecule has 2 rings (SSSR count). The first-order valence-electron chi connectivity index (χ1n) is 4.23. The summed E-state index contributed by atoms with van der Waals surface area (Å²) in [5, 5.41) is -0.185. The average molecular weight is 228 g/mol. The third kappa shape index (κ3) is 1.37. The Morgan fingerprint density at radius 3 is 2.56 bits per heavy atom. The molecule has 7 heteroatoms. The molecule has 0 saturated carbocycles. The molecule has 0 amide bonds. The Hall–Kier alpha value is -2.18. The molecule has 0 aliphatic carbocycles. The Morgan fingerprint density at radius 2 is 1.94 bits per heavy atom. The van der Waals surface area contributed by atoms with E-state index in [0.717, 1.165) is 7.11 Å². The first-order chi connectivity index (χ1) is 7.54. The van der Waals surface area contributed by atoms with E-state index in [1.165, 1.54) is 0 Å². The van der Waals surface area contributed by atoms with E-state index in [9.17, 15) is 18.4 Å². The van der Waals surface area contributed by atoms with E-state index < -0.39 is 28.6 Å². The summed E-state index contributed by atoms with van der Waals surface area (Å²) < 4.78 is 30.9. The molecule has 2 N–H and O–H groups in total. The molecule has 0 spiro atoms. The quantitative estimate of drug-likeness (QED) is 0.746. The van der Waals surface area contributed by atoms with E-state index in [0.29, 0.717) is 6.07 Å². The van der Waals surface area contributed by atoms with Crippen LogP contribution in [0.4, 0.5) is 8.78 Å². The first-order valence-corrected chi connectivity index (χ1v) is 4.23. The highest BCUT2D eigenvalue weighted by Gasteiger charge is 2.16. The minimum absolute atomic E-state index is 0.171. The van der Waals surface area contributed by atoms with Gasteiger partial charge in [0.1, 0.15) is 5.52 Å². The van der Waals surface area contributed by atoms with Gasteiger partial charge in [0.25, 0.3) is 5.56 Å². The van der Waals surface area contributed by atoms with Gasteiger partial charge in [-0.15, -0.1) is 0 Å². The van der Waals surface area contributed by atoms with Gasteiger partial charge >= 0.3 is 5.69 Å². The van der Waals surface area contributed by atoms with Gasteiger partial charge in [-0.1, -0.05) is 0 Å². The highest BCUT2D eigenvalue weighted by atomic mass is 19.2. The summed E-state index contributed by atoms with van der Waals surface area (Å²) >= 11 is 0. The van der Waals surface area contributed by atoms with Crippen molar-refractivity contribution in [2.45, 2.75) is 0 Å². The molecule has 0 atom stereocenters. The van der Waals surface area contributed by atoms with Gasteiger partial charge in [0, 0.05) is 0 Å². The predicted octanol–water partition coefficient (Wildman–Crippen LogP) is 0.503. The molecule has 16 heavy (non-hydrogen) atoms. The molecule has 0 fully saturated rings. The number of aromatic nitrogens is 2. The number of ether oxygens (including phenoxy) is 1. The van der Waals surface area contributed by atoms with Crippen molar-refractivity contribution in [2.75, 3.05) is 7.11 Å². The smallest absolute Gasteiger partial charge is 0.326 e. The number of fused-ring (bicyclic) bond motifs is 1. The molecule has 5 nitrogen and oxygen atoms in total. The summed E-state index contributed by atoms with van der Waals surface area (Å²) in [6.07, 6.45) is 0. The average Bonchev–Trinajstić information content (AvgIpc) is 2.22. The van der Waals surface area contributed by atoms with Crippen molar-refractivity contribution in [3.63, 3.8) is 0 Å².